The molecule has 3 aromatic rings. The Hall–Kier alpha value is -3.54. The number of hydrogen-bond acceptors (Lipinski definition) is 4. The highest BCUT2D eigenvalue weighted by Crippen LogP contribution is 2.27. The van der Waals surface area contributed by atoms with Crippen molar-refractivity contribution >= 4 is 22.8 Å². The fourth-order valence-corrected chi connectivity index (χ4v) is 2.37. The van der Waals surface area contributed by atoms with Gasteiger partial charge in [0.05, 0.1) is 4.92 Å². The fourth-order valence-electron chi connectivity index (χ4n) is 2.37. The second kappa shape index (κ2) is 6.92. The van der Waals surface area contributed by atoms with E-state index in [0.717, 1.165) is 0 Å². The van der Waals surface area contributed by atoms with E-state index in [1.165, 1.54) is 30.3 Å². The normalized spacial score (nSPS) is 10.3. The summed E-state index contributed by atoms with van der Waals surface area (Å²) in [6.07, 6.45) is 0. The van der Waals surface area contributed by atoms with Crippen molar-refractivity contribution in [1.29, 1.82) is 0 Å². The lowest BCUT2D eigenvalue weighted by Crippen LogP contribution is -2.02. The van der Waals surface area contributed by atoms with E-state index in [9.17, 15) is 19.3 Å². The van der Waals surface area contributed by atoms with Gasteiger partial charge in [-0.3, -0.25) is 14.9 Å². The number of nitro groups is 1. The zero-order valence-electron chi connectivity index (χ0n) is 13.0. The van der Waals surface area contributed by atoms with Crippen LogP contribution in [0.15, 0.2) is 72.8 Å². The Morgan fingerprint density at radius 2 is 1.44 bits per heavy atom. The van der Waals surface area contributed by atoms with Gasteiger partial charge in [-0.2, -0.15) is 0 Å². The number of carbonyl (C=O) groups excluding carboxylic acids is 1. The summed E-state index contributed by atoms with van der Waals surface area (Å²) < 4.78 is 12.9. The second-order valence-corrected chi connectivity index (χ2v) is 5.31. The van der Waals surface area contributed by atoms with Crippen LogP contribution in [0.5, 0.6) is 0 Å². The van der Waals surface area contributed by atoms with Crippen molar-refractivity contribution in [2.24, 2.45) is 0 Å². The first-order valence-electron chi connectivity index (χ1n) is 7.45. The fraction of sp³-hybridized carbons (Fsp3) is 0. The Bertz CT molecular complexity index is 922. The molecule has 0 heterocycles. The van der Waals surface area contributed by atoms with Gasteiger partial charge in [0.2, 0.25) is 0 Å². The Kier molecular flexibility index (Phi) is 4.52. The number of ketones is 1. The number of hydrogen-bond donors (Lipinski definition) is 1. The highest BCUT2D eigenvalue weighted by Gasteiger charge is 2.13. The van der Waals surface area contributed by atoms with Crippen LogP contribution >= 0.6 is 0 Å². The van der Waals surface area contributed by atoms with Crippen molar-refractivity contribution in [3.63, 3.8) is 0 Å². The molecule has 0 saturated heterocycles. The highest BCUT2D eigenvalue weighted by atomic mass is 19.1. The van der Waals surface area contributed by atoms with Crippen LogP contribution < -0.4 is 5.32 Å². The monoisotopic (exact) mass is 336 g/mol. The number of halogens is 1. The molecule has 3 rings (SSSR count). The maximum atomic E-state index is 12.9. The largest absolute Gasteiger partial charge is 0.350 e. The third-order valence-corrected chi connectivity index (χ3v) is 3.63. The SMILES string of the molecule is O=C(c1ccc(F)cc1)c1ccc(Nc2ccccc2[N+](=O)[O-])cc1. The van der Waals surface area contributed by atoms with Gasteiger partial charge in [-0.25, -0.2) is 4.39 Å². The van der Waals surface area contributed by atoms with Crippen LogP contribution in [-0.2, 0) is 0 Å². The first-order valence-corrected chi connectivity index (χ1v) is 7.45. The van der Waals surface area contributed by atoms with Crippen LogP contribution in [0, 0.1) is 15.9 Å². The first kappa shape index (κ1) is 16.3. The van der Waals surface area contributed by atoms with Crippen molar-refractivity contribution in [2.45, 2.75) is 0 Å². The van der Waals surface area contributed by atoms with Crippen molar-refractivity contribution < 1.29 is 14.1 Å². The van der Waals surface area contributed by atoms with Crippen molar-refractivity contribution in [3.8, 4) is 0 Å². The molecule has 0 aliphatic carbocycles. The molecule has 5 nitrogen and oxygen atoms in total. The Morgan fingerprint density at radius 3 is 2.04 bits per heavy atom. The van der Waals surface area contributed by atoms with Gasteiger partial charge in [0.25, 0.3) is 5.69 Å². The van der Waals surface area contributed by atoms with E-state index < -0.39 is 10.7 Å². The van der Waals surface area contributed by atoms with Crippen LogP contribution in [0.1, 0.15) is 15.9 Å². The van der Waals surface area contributed by atoms with Crippen LogP contribution in [-0.4, -0.2) is 10.7 Å². The number of nitrogens with zero attached hydrogens (tertiary/aromatic N) is 1. The maximum Gasteiger partial charge on any atom is 0.292 e. The van der Waals surface area contributed by atoms with Crippen LogP contribution in [0.4, 0.5) is 21.5 Å². The zero-order chi connectivity index (χ0) is 17.8. The van der Waals surface area contributed by atoms with Crippen molar-refractivity contribution in [2.75, 3.05) is 5.32 Å². The van der Waals surface area contributed by atoms with Gasteiger partial charge in [0.15, 0.2) is 5.78 Å². The summed E-state index contributed by atoms with van der Waals surface area (Å²) in [5.74, 6) is -0.627. The molecular weight excluding hydrogens is 323 g/mol. The van der Waals surface area contributed by atoms with E-state index in [1.807, 2.05) is 0 Å². The minimum Gasteiger partial charge on any atom is -0.350 e. The van der Waals surface area contributed by atoms with Gasteiger partial charge < -0.3 is 5.32 Å². The highest BCUT2D eigenvalue weighted by molar-refractivity contribution is 6.09. The maximum absolute atomic E-state index is 12.9. The molecule has 0 unspecified atom stereocenters. The lowest BCUT2D eigenvalue weighted by molar-refractivity contribution is -0.383. The van der Waals surface area contributed by atoms with E-state index >= 15 is 0 Å². The molecule has 124 valence electrons. The molecule has 0 bridgehead atoms. The molecule has 1 N–H and O–H groups in total. The third kappa shape index (κ3) is 3.69. The number of carbonyl (C=O) groups is 1. The number of para-hydroxylation sites is 2. The molecule has 6 heteroatoms. The molecule has 25 heavy (non-hydrogen) atoms. The molecule has 0 spiro atoms. The smallest absolute Gasteiger partial charge is 0.292 e. The first-order chi connectivity index (χ1) is 12.0. The minimum absolute atomic E-state index is 0.0334. The molecule has 0 saturated carbocycles. The Balaban J connectivity index is 1.80. The summed E-state index contributed by atoms with van der Waals surface area (Å²) in [4.78, 5) is 22.9. The van der Waals surface area contributed by atoms with Gasteiger partial charge in [0.1, 0.15) is 11.5 Å². The second-order valence-electron chi connectivity index (χ2n) is 5.31. The van der Waals surface area contributed by atoms with Gasteiger partial charge in [-0.05, 0) is 54.6 Å². The summed E-state index contributed by atoms with van der Waals surface area (Å²) >= 11 is 0. The number of nitro benzene ring substituents is 1. The topological polar surface area (TPSA) is 72.2 Å². The van der Waals surface area contributed by atoms with Crippen molar-refractivity contribution in [1.82, 2.24) is 0 Å². The Morgan fingerprint density at radius 1 is 0.880 bits per heavy atom. The van der Waals surface area contributed by atoms with Crippen LogP contribution in [0.2, 0.25) is 0 Å². The number of benzene rings is 3. The number of rotatable bonds is 5. The average molecular weight is 336 g/mol. The lowest BCUT2D eigenvalue weighted by atomic mass is 10.0. The van der Waals surface area contributed by atoms with E-state index in [4.69, 9.17) is 0 Å². The predicted molar refractivity (Wildman–Crippen MR) is 92.7 cm³/mol. The quantitative estimate of drug-likeness (QED) is 0.416. The van der Waals surface area contributed by atoms with E-state index in [2.05, 4.69) is 5.32 Å². The summed E-state index contributed by atoms with van der Waals surface area (Å²) in [6.45, 7) is 0. The van der Waals surface area contributed by atoms with Gasteiger partial charge >= 0.3 is 0 Å². The minimum atomic E-state index is -0.464. The molecule has 3 aromatic carbocycles. The van der Waals surface area contributed by atoms with Gasteiger partial charge in [0, 0.05) is 22.9 Å². The number of anilines is 2. The summed E-state index contributed by atoms with van der Waals surface area (Å²) in [7, 11) is 0. The lowest BCUT2D eigenvalue weighted by Gasteiger charge is -2.08. The summed E-state index contributed by atoms with van der Waals surface area (Å²) in [5.41, 5.74) is 1.78. The standard InChI is InChI=1S/C19H13FN2O3/c20-15-9-5-13(6-10-15)19(23)14-7-11-16(12-8-14)21-17-3-1-2-4-18(17)22(24)25/h1-12,21H. The summed E-state index contributed by atoms with van der Waals surface area (Å²) in [5, 5.41) is 14.0. The van der Waals surface area contributed by atoms with Crippen LogP contribution in [0.3, 0.4) is 0 Å². The molecule has 0 atom stereocenters. The Labute approximate surface area is 142 Å². The predicted octanol–water partition coefficient (Wildman–Crippen LogP) is 4.71. The average Bonchev–Trinajstić information content (AvgIpc) is 2.63. The van der Waals surface area contributed by atoms with Gasteiger partial charge in [-0.1, -0.05) is 12.1 Å². The molecule has 0 aliphatic rings. The summed E-state index contributed by atoms with van der Waals surface area (Å²) in [6, 6.07) is 18.2. The molecule has 0 radical (unpaired) electrons. The van der Waals surface area contributed by atoms with E-state index in [-0.39, 0.29) is 11.5 Å². The zero-order valence-corrected chi connectivity index (χ0v) is 13.0. The molecule has 0 fully saturated rings. The van der Waals surface area contributed by atoms with E-state index in [0.29, 0.717) is 22.5 Å². The van der Waals surface area contributed by atoms with Crippen molar-refractivity contribution in [3.05, 3.63) is 99.9 Å². The molecule has 0 amide bonds. The van der Waals surface area contributed by atoms with E-state index in [1.54, 1.807) is 42.5 Å². The third-order valence-electron chi connectivity index (χ3n) is 3.63. The van der Waals surface area contributed by atoms with Crippen LogP contribution in [0.25, 0.3) is 0 Å². The van der Waals surface area contributed by atoms with Gasteiger partial charge in [-0.15, -0.1) is 0 Å². The number of nitrogens with one attached hydrogen (secondary N) is 1. The molecule has 0 aliphatic heterocycles. The molecule has 0 aromatic heterocycles. The molecular formula is C19H13FN2O3.